The van der Waals surface area contributed by atoms with E-state index < -0.39 is 5.97 Å². The summed E-state index contributed by atoms with van der Waals surface area (Å²) < 4.78 is 11.5. The first-order valence-electron chi connectivity index (χ1n) is 7.39. The monoisotopic (exact) mass is 385 g/mol. The van der Waals surface area contributed by atoms with Crippen molar-refractivity contribution in [2.24, 2.45) is 0 Å². The Balaban J connectivity index is 2.27. The summed E-state index contributed by atoms with van der Waals surface area (Å²) >= 11 is 3.39. The molecule has 0 fully saturated rings. The Labute approximate surface area is 149 Å². The normalized spacial score (nSPS) is 10.8. The van der Waals surface area contributed by atoms with Crippen LogP contribution in [0.2, 0.25) is 0 Å². The zero-order valence-corrected chi connectivity index (χ0v) is 14.7. The Morgan fingerprint density at radius 1 is 1.25 bits per heavy atom. The summed E-state index contributed by atoms with van der Waals surface area (Å²) in [6.45, 7) is 2.30. The van der Waals surface area contributed by atoms with Gasteiger partial charge in [-0.1, -0.05) is 46.3 Å². The Hall–Kier alpha value is -2.58. The second kappa shape index (κ2) is 8.90. The maximum absolute atomic E-state index is 11.8. The quantitative estimate of drug-likeness (QED) is 0.417. The minimum atomic E-state index is -0.644. The van der Waals surface area contributed by atoms with E-state index in [4.69, 9.17) is 9.47 Å². The van der Waals surface area contributed by atoms with Crippen molar-refractivity contribution in [3.8, 4) is 11.8 Å². The molecule has 2 rings (SSSR count). The van der Waals surface area contributed by atoms with E-state index in [-0.39, 0.29) is 12.2 Å². The van der Waals surface area contributed by atoms with E-state index in [9.17, 15) is 10.1 Å². The van der Waals surface area contributed by atoms with Crippen LogP contribution >= 0.6 is 15.9 Å². The van der Waals surface area contributed by atoms with Crippen LogP contribution in [0.3, 0.4) is 0 Å². The number of benzene rings is 2. The number of hydrogen-bond donors (Lipinski definition) is 0. The van der Waals surface area contributed by atoms with Gasteiger partial charge < -0.3 is 9.47 Å². The average molecular weight is 386 g/mol. The third kappa shape index (κ3) is 4.97. The van der Waals surface area contributed by atoms with Gasteiger partial charge in [-0.25, -0.2) is 4.79 Å². The molecule has 0 saturated carbocycles. The van der Waals surface area contributed by atoms with E-state index in [1.165, 1.54) is 6.08 Å². The number of hydrogen-bond acceptors (Lipinski definition) is 4. The SMILES string of the molecule is CCOC(=O)/C(C#N)=C/c1cc(Br)ccc1OCc1ccccc1. The van der Waals surface area contributed by atoms with Gasteiger partial charge in [0.15, 0.2) is 0 Å². The third-order valence-corrected chi connectivity index (χ3v) is 3.62. The lowest BCUT2D eigenvalue weighted by Crippen LogP contribution is -2.06. The number of halogens is 1. The van der Waals surface area contributed by atoms with E-state index in [0.29, 0.717) is 17.9 Å². The number of ether oxygens (including phenoxy) is 2. The summed E-state index contributed by atoms with van der Waals surface area (Å²) in [5.41, 5.74) is 1.59. The first kappa shape index (κ1) is 17.8. The zero-order valence-electron chi connectivity index (χ0n) is 13.2. The van der Waals surface area contributed by atoms with Crippen LogP contribution in [0.25, 0.3) is 6.08 Å². The summed E-state index contributed by atoms with van der Waals surface area (Å²) in [5.74, 6) is -0.0620. The molecule has 0 saturated heterocycles. The number of nitriles is 1. The van der Waals surface area contributed by atoms with Gasteiger partial charge in [-0.2, -0.15) is 5.26 Å². The summed E-state index contributed by atoms with van der Waals surface area (Å²) in [5, 5.41) is 9.18. The molecule has 122 valence electrons. The van der Waals surface area contributed by atoms with E-state index in [1.807, 2.05) is 42.5 Å². The van der Waals surface area contributed by atoms with Gasteiger partial charge in [0.2, 0.25) is 0 Å². The van der Waals surface area contributed by atoms with Gasteiger partial charge in [0.1, 0.15) is 24.0 Å². The smallest absolute Gasteiger partial charge is 0.348 e. The van der Waals surface area contributed by atoms with Gasteiger partial charge in [-0.05, 0) is 36.8 Å². The molecule has 0 bridgehead atoms. The molecule has 4 nitrogen and oxygen atoms in total. The molecular formula is C19H16BrNO3. The Kier molecular flexibility index (Phi) is 6.59. The number of esters is 1. The van der Waals surface area contributed by atoms with Crippen LogP contribution in [0.15, 0.2) is 58.6 Å². The molecule has 0 radical (unpaired) electrons. The molecular weight excluding hydrogens is 370 g/mol. The molecule has 24 heavy (non-hydrogen) atoms. The highest BCUT2D eigenvalue weighted by Crippen LogP contribution is 2.26. The van der Waals surface area contributed by atoms with Crippen LogP contribution in [0.1, 0.15) is 18.1 Å². The molecule has 2 aromatic rings. The second-order valence-corrected chi connectivity index (χ2v) is 5.76. The van der Waals surface area contributed by atoms with Crippen molar-refractivity contribution in [3.05, 3.63) is 69.7 Å². The van der Waals surface area contributed by atoms with Crippen LogP contribution in [0, 0.1) is 11.3 Å². The zero-order chi connectivity index (χ0) is 17.4. The molecule has 0 amide bonds. The van der Waals surface area contributed by atoms with Gasteiger partial charge in [-0.3, -0.25) is 0 Å². The standard InChI is InChI=1S/C19H16BrNO3/c1-2-23-19(22)16(12-21)10-15-11-17(20)8-9-18(15)24-13-14-6-4-3-5-7-14/h3-11H,2,13H2,1H3/b16-10+. The highest BCUT2D eigenvalue weighted by atomic mass is 79.9. The Morgan fingerprint density at radius 3 is 2.67 bits per heavy atom. The molecule has 0 N–H and O–H groups in total. The van der Waals surface area contributed by atoms with Crippen molar-refractivity contribution in [2.75, 3.05) is 6.61 Å². The van der Waals surface area contributed by atoms with Gasteiger partial charge >= 0.3 is 5.97 Å². The number of nitrogens with zero attached hydrogens (tertiary/aromatic N) is 1. The first-order chi connectivity index (χ1) is 11.6. The van der Waals surface area contributed by atoms with Gasteiger partial charge in [0, 0.05) is 10.0 Å². The summed E-state index contributed by atoms with van der Waals surface area (Å²) in [7, 11) is 0. The van der Waals surface area contributed by atoms with E-state index >= 15 is 0 Å². The molecule has 0 unspecified atom stereocenters. The van der Waals surface area contributed by atoms with E-state index in [2.05, 4.69) is 15.9 Å². The summed E-state index contributed by atoms with van der Waals surface area (Å²) in [6.07, 6.45) is 1.48. The summed E-state index contributed by atoms with van der Waals surface area (Å²) in [6, 6.07) is 17.0. The van der Waals surface area contributed by atoms with Crippen molar-refractivity contribution >= 4 is 28.0 Å². The van der Waals surface area contributed by atoms with Crippen molar-refractivity contribution in [2.45, 2.75) is 13.5 Å². The fraction of sp³-hybridized carbons (Fsp3) is 0.158. The van der Waals surface area contributed by atoms with E-state index in [0.717, 1.165) is 10.0 Å². The van der Waals surface area contributed by atoms with Gasteiger partial charge in [0.25, 0.3) is 0 Å². The van der Waals surface area contributed by atoms with Crippen LogP contribution < -0.4 is 4.74 Å². The third-order valence-electron chi connectivity index (χ3n) is 3.12. The first-order valence-corrected chi connectivity index (χ1v) is 8.18. The average Bonchev–Trinajstić information content (AvgIpc) is 2.60. The van der Waals surface area contributed by atoms with Crippen molar-refractivity contribution < 1.29 is 14.3 Å². The number of carbonyl (C=O) groups is 1. The fourth-order valence-electron chi connectivity index (χ4n) is 2.00. The number of rotatable bonds is 6. The van der Waals surface area contributed by atoms with Crippen LogP contribution in [0.5, 0.6) is 5.75 Å². The molecule has 0 atom stereocenters. The van der Waals surface area contributed by atoms with Crippen LogP contribution in [0.4, 0.5) is 0 Å². The van der Waals surface area contributed by atoms with Gasteiger partial charge in [0.05, 0.1) is 6.61 Å². The predicted molar refractivity (Wildman–Crippen MR) is 95.1 cm³/mol. The maximum atomic E-state index is 11.8. The fourth-order valence-corrected chi connectivity index (χ4v) is 2.38. The molecule has 0 aliphatic rings. The Bertz CT molecular complexity index is 779. The van der Waals surface area contributed by atoms with Crippen molar-refractivity contribution in [1.29, 1.82) is 5.26 Å². The van der Waals surface area contributed by atoms with Crippen molar-refractivity contribution in [3.63, 3.8) is 0 Å². The number of carbonyl (C=O) groups excluding carboxylic acids is 1. The van der Waals surface area contributed by atoms with E-state index in [1.54, 1.807) is 19.1 Å². The largest absolute Gasteiger partial charge is 0.488 e. The summed E-state index contributed by atoms with van der Waals surface area (Å²) in [4.78, 5) is 11.8. The molecule has 0 heterocycles. The minimum Gasteiger partial charge on any atom is -0.488 e. The lowest BCUT2D eigenvalue weighted by atomic mass is 10.1. The lowest BCUT2D eigenvalue weighted by Gasteiger charge is -2.10. The lowest BCUT2D eigenvalue weighted by molar-refractivity contribution is -0.137. The van der Waals surface area contributed by atoms with Crippen molar-refractivity contribution in [1.82, 2.24) is 0 Å². The Morgan fingerprint density at radius 2 is 2.00 bits per heavy atom. The minimum absolute atomic E-state index is 0.0699. The molecule has 5 heteroatoms. The molecule has 2 aromatic carbocycles. The highest BCUT2D eigenvalue weighted by Gasteiger charge is 2.12. The highest BCUT2D eigenvalue weighted by molar-refractivity contribution is 9.10. The predicted octanol–water partition coefficient (Wildman–Crippen LogP) is 4.50. The van der Waals surface area contributed by atoms with Gasteiger partial charge in [-0.15, -0.1) is 0 Å². The molecule has 0 aliphatic carbocycles. The maximum Gasteiger partial charge on any atom is 0.348 e. The second-order valence-electron chi connectivity index (χ2n) is 4.85. The molecule has 0 spiro atoms. The van der Waals surface area contributed by atoms with Crippen LogP contribution in [-0.4, -0.2) is 12.6 Å². The van der Waals surface area contributed by atoms with Crippen LogP contribution in [-0.2, 0) is 16.1 Å². The topological polar surface area (TPSA) is 59.3 Å². The molecule has 0 aromatic heterocycles. The molecule has 0 aliphatic heterocycles.